The molecule has 64 valence electrons. The highest BCUT2D eigenvalue weighted by atomic mass is 32.2. The molecule has 1 fully saturated rings. The first kappa shape index (κ1) is 7.95. The van der Waals surface area contributed by atoms with Gasteiger partial charge < -0.3 is 8.92 Å². The molecule has 0 amide bonds. The van der Waals surface area contributed by atoms with E-state index in [2.05, 4.69) is 0 Å². The van der Waals surface area contributed by atoms with Crippen molar-refractivity contribution in [1.29, 1.82) is 0 Å². The van der Waals surface area contributed by atoms with Crippen molar-refractivity contribution in [2.24, 2.45) is 0 Å². The van der Waals surface area contributed by atoms with Gasteiger partial charge in [-0.3, -0.25) is 0 Å². The number of rotatable bonds is 4. The summed E-state index contributed by atoms with van der Waals surface area (Å²) in [4.78, 5) is 0. The first-order valence-electron chi connectivity index (χ1n) is 3.91. The van der Waals surface area contributed by atoms with Crippen LogP contribution in [0, 0.1) is 0 Å². The molecule has 1 aromatic carbocycles. The summed E-state index contributed by atoms with van der Waals surface area (Å²) in [5.74, 6) is 1.83. The number of para-hydroxylation sites is 1. The Morgan fingerprint density at radius 2 is 2.17 bits per heavy atom. The zero-order valence-corrected chi connectivity index (χ0v) is 7.42. The van der Waals surface area contributed by atoms with Gasteiger partial charge in [-0.15, -0.1) is 0 Å². The minimum absolute atomic E-state index is 0.429. The Labute approximate surface area is 76.1 Å². The van der Waals surface area contributed by atoms with Crippen LogP contribution in [0.15, 0.2) is 30.3 Å². The first-order chi connectivity index (χ1) is 5.95. The zero-order chi connectivity index (χ0) is 8.23. The number of hydrogen-bond donors (Lipinski definition) is 0. The standard InChI is InChI=1S/C9H10O2S/c1-2-4-8(5-3-1)11-12-7-9-6-10-9/h1-5,9H,6-7H2. The first-order valence-corrected chi connectivity index (χ1v) is 4.82. The summed E-state index contributed by atoms with van der Waals surface area (Å²) in [6.07, 6.45) is 0.429. The van der Waals surface area contributed by atoms with Crippen molar-refractivity contribution in [2.45, 2.75) is 6.10 Å². The molecule has 1 heterocycles. The maximum absolute atomic E-state index is 5.39. The smallest absolute Gasteiger partial charge is 0.137 e. The van der Waals surface area contributed by atoms with Crippen LogP contribution in [-0.4, -0.2) is 18.5 Å². The number of hydrogen-bond acceptors (Lipinski definition) is 3. The van der Waals surface area contributed by atoms with Crippen molar-refractivity contribution in [3.8, 4) is 5.75 Å². The quantitative estimate of drug-likeness (QED) is 0.526. The Morgan fingerprint density at radius 3 is 2.83 bits per heavy atom. The van der Waals surface area contributed by atoms with E-state index >= 15 is 0 Å². The summed E-state index contributed by atoms with van der Waals surface area (Å²) in [5, 5.41) is 0. The second-order valence-corrected chi connectivity index (χ2v) is 3.37. The van der Waals surface area contributed by atoms with E-state index in [-0.39, 0.29) is 0 Å². The fourth-order valence-corrected chi connectivity index (χ4v) is 1.48. The summed E-state index contributed by atoms with van der Waals surface area (Å²) in [7, 11) is 0. The van der Waals surface area contributed by atoms with E-state index in [1.807, 2.05) is 30.3 Å². The molecule has 1 atom stereocenters. The van der Waals surface area contributed by atoms with Crippen LogP contribution in [0.2, 0.25) is 0 Å². The highest BCUT2D eigenvalue weighted by Crippen LogP contribution is 2.20. The van der Waals surface area contributed by atoms with Gasteiger partial charge in [0.25, 0.3) is 0 Å². The molecule has 0 aliphatic carbocycles. The van der Waals surface area contributed by atoms with E-state index in [4.69, 9.17) is 8.92 Å². The van der Waals surface area contributed by atoms with Crippen LogP contribution in [0.3, 0.4) is 0 Å². The third kappa shape index (κ3) is 2.43. The Kier molecular flexibility index (Phi) is 2.54. The fourth-order valence-electron chi connectivity index (χ4n) is 0.818. The maximum Gasteiger partial charge on any atom is 0.137 e. The Bertz CT molecular complexity index is 234. The third-order valence-corrected chi connectivity index (χ3v) is 2.37. The monoisotopic (exact) mass is 182 g/mol. The van der Waals surface area contributed by atoms with E-state index in [1.165, 1.54) is 12.0 Å². The normalized spacial score (nSPS) is 20.5. The average molecular weight is 182 g/mol. The predicted octanol–water partition coefficient (Wildman–Crippen LogP) is 2.11. The molecule has 1 aliphatic rings. The molecule has 0 N–H and O–H groups in total. The highest BCUT2D eigenvalue weighted by molar-refractivity contribution is 7.95. The molecule has 1 unspecified atom stereocenters. The van der Waals surface area contributed by atoms with Crippen molar-refractivity contribution in [1.82, 2.24) is 0 Å². The molecular weight excluding hydrogens is 172 g/mol. The van der Waals surface area contributed by atoms with Gasteiger partial charge in [-0.05, 0) is 12.1 Å². The molecular formula is C9H10O2S. The minimum atomic E-state index is 0.429. The van der Waals surface area contributed by atoms with Gasteiger partial charge in [-0.1, -0.05) is 18.2 Å². The lowest BCUT2D eigenvalue weighted by Gasteiger charge is -2.00. The second kappa shape index (κ2) is 3.83. The summed E-state index contributed by atoms with van der Waals surface area (Å²) < 4.78 is 10.4. The molecule has 0 bridgehead atoms. The van der Waals surface area contributed by atoms with Gasteiger partial charge in [-0.25, -0.2) is 0 Å². The molecule has 3 heteroatoms. The minimum Gasteiger partial charge on any atom is -0.426 e. The molecule has 0 saturated carbocycles. The van der Waals surface area contributed by atoms with Crippen molar-refractivity contribution >= 4 is 12.0 Å². The van der Waals surface area contributed by atoms with Gasteiger partial charge in [0, 0.05) is 0 Å². The van der Waals surface area contributed by atoms with Gasteiger partial charge in [0.05, 0.1) is 30.5 Å². The van der Waals surface area contributed by atoms with E-state index in [9.17, 15) is 0 Å². The van der Waals surface area contributed by atoms with E-state index in [1.54, 1.807) is 0 Å². The molecule has 1 aromatic rings. The van der Waals surface area contributed by atoms with Crippen LogP contribution in [0.5, 0.6) is 5.75 Å². The fraction of sp³-hybridized carbons (Fsp3) is 0.333. The molecule has 2 nitrogen and oxygen atoms in total. The van der Waals surface area contributed by atoms with E-state index < -0.39 is 0 Å². The maximum atomic E-state index is 5.39. The Hall–Kier alpha value is -0.670. The van der Waals surface area contributed by atoms with Crippen LogP contribution >= 0.6 is 12.0 Å². The molecule has 0 radical (unpaired) electrons. The van der Waals surface area contributed by atoms with Crippen molar-refractivity contribution in [3.63, 3.8) is 0 Å². The molecule has 1 saturated heterocycles. The Balaban J connectivity index is 1.72. The van der Waals surface area contributed by atoms with Crippen LogP contribution in [0.25, 0.3) is 0 Å². The van der Waals surface area contributed by atoms with Gasteiger partial charge in [-0.2, -0.15) is 0 Å². The van der Waals surface area contributed by atoms with Crippen LogP contribution in [-0.2, 0) is 4.74 Å². The summed E-state index contributed by atoms with van der Waals surface area (Å²) in [5.41, 5.74) is 0. The van der Waals surface area contributed by atoms with Crippen molar-refractivity contribution < 1.29 is 8.92 Å². The number of epoxide rings is 1. The summed E-state index contributed by atoms with van der Waals surface area (Å²) >= 11 is 1.45. The largest absolute Gasteiger partial charge is 0.426 e. The lowest BCUT2D eigenvalue weighted by atomic mass is 10.3. The molecule has 2 rings (SSSR count). The van der Waals surface area contributed by atoms with Gasteiger partial charge in [0.1, 0.15) is 5.75 Å². The second-order valence-electron chi connectivity index (χ2n) is 2.64. The highest BCUT2D eigenvalue weighted by Gasteiger charge is 2.22. The van der Waals surface area contributed by atoms with Crippen molar-refractivity contribution in [2.75, 3.05) is 12.4 Å². The average Bonchev–Trinajstić information content (AvgIpc) is 2.90. The molecule has 12 heavy (non-hydrogen) atoms. The number of ether oxygens (including phenoxy) is 1. The summed E-state index contributed by atoms with van der Waals surface area (Å²) in [6, 6.07) is 9.79. The topological polar surface area (TPSA) is 21.8 Å². The summed E-state index contributed by atoms with van der Waals surface area (Å²) in [6.45, 7) is 0.894. The molecule has 1 aliphatic heterocycles. The van der Waals surface area contributed by atoms with E-state index in [0.29, 0.717) is 6.10 Å². The van der Waals surface area contributed by atoms with Gasteiger partial charge in [0.2, 0.25) is 0 Å². The number of benzene rings is 1. The van der Waals surface area contributed by atoms with E-state index in [0.717, 1.165) is 18.1 Å². The van der Waals surface area contributed by atoms with Gasteiger partial charge in [0.15, 0.2) is 0 Å². The molecule has 0 aromatic heterocycles. The predicted molar refractivity (Wildman–Crippen MR) is 49.3 cm³/mol. The Morgan fingerprint density at radius 1 is 1.42 bits per heavy atom. The third-order valence-electron chi connectivity index (χ3n) is 1.55. The lowest BCUT2D eigenvalue weighted by molar-refractivity contribution is 0.424. The lowest BCUT2D eigenvalue weighted by Crippen LogP contribution is -1.91. The molecule has 0 spiro atoms. The SMILES string of the molecule is c1ccc(OSCC2CO2)cc1. The van der Waals surface area contributed by atoms with Crippen LogP contribution in [0.1, 0.15) is 0 Å². The van der Waals surface area contributed by atoms with Gasteiger partial charge >= 0.3 is 0 Å². The zero-order valence-electron chi connectivity index (χ0n) is 6.60. The van der Waals surface area contributed by atoms with Crippen molar-refractivity contribution in [3.05, 3.63) is 30.3 Å². The van der Waals surface area contributed by atoms with Crippen LogP contribution < -0.4 is 4.18 Å². The van der Waals surface area contributed by atoms with Crippen LogP contribution in [0.4, 0.5) is 0 Å².